The first-order valence-corrected chi connectivity index (χ1v) is 9.56. The third-order valence-electron chi connectivity index (χ3n) is 5.06. The highest BCUT2D eigenvalue weighted by molar-refractivity contribution is 5.36. The number of para-hydroxylation sites is 1. The summed E-state index contributed by atoms with van der Waals surface area (Å²) in [5, 5.41) is 12.6. The molecule has 0 radical (unpaired) electrons. The summed E-state index contributed by atoms with van der Waals surface area (Å²) in [7, 11) is 0. The standard InChI is InChI=1S/C23H25N5/c1-17-9-11-21(12-10-17)27-16-20(14-25-27)13-24-18(2)23-15-26-28(19(23)3)22-7-5-4-6-8-22/h4-12,14-16,18,24H,13H2,1-3H3. The quantitative estimate of drug-likeness (QED) is 0.542. The Balaban J connectivity index is 1.43. The smallest absolute Gasteiger partial charge is 0.0648 e. The van der Waals surface area contributed by atoms with E-state index in [0.717, 1.165) is 29.2 Å². The highest BCUT2D eigenvalue weighted by Crippen LogP contribution is 2.20. The Bertz CT molecular complexity index is 1040. The van der Waals surface area contributed by atoms with Crippen molar-refractivity contribution in [2.45, 2.75) is 33.4 Å². The molecule has 28 heavy (non-hydrogen) atoms. The van der Waals surface area contributed by atoms with Crippen LogP contribution in [0.5, 0.6) is 0 Å². The topological polar surface area (TPSA) is 47.7 Å². The van der Waals surface area contributed by atoms with E-state index in [9.17, 15) is 0 Å². The van der Waals surface area contributed by atoms with Crippen LogP contribution >= 0.6 is 0 Å². The lowest BCUT2D eigenvalue weighted by molar-refractivity contribution is 0.571. The normalized spacial score (nSPS) is 12.2. The van der Waals surface area contributed by atoms with Crippen LogP contribution in [0.4, 0.5) is 0 Å². The van der Waals surface area contributed by atoms with Crippen LogP contribution in [-0.2, 0) is 6.54 Å². The summed E-state index contributed by atoms with van der Waals surface area (Å²) >= 11 is 0. The second-order valence-corrected chi connectivity index (χ2v) is 7.16. The average molecular weight is 371 g/mol. The van der Waals surface area contributed by atoms with Gasteiger partial charge in [-0.1, -0.05) is 35.9 Å². The maximum absolute atomic E-state index is 4.57. The van der Waals surface area contributed by atoms with Crippen LogP contribution in [0, 0.1) is 13.8 Å². The molecule has 0 fully saturated rings. The van der Waals surface area contributed by atoms with E-state index in [2.05, 4.69) is 78.9 Å². The van der Waals surface area contributed by atoms with Crippen molar-refractivity contribution in [2.75, 3.05) is 0 Å². The third-order valence-corrected chi connectivity index (χ3v) is 5.06. The van der Waals surface area contributed by atoms with Gasteiger partial charge >= 0.3 is 0 Å². The lowest BCUT2D eigenvalue weighted by Crippen LogP contribution is -2.18. The fraction of sp³-hybridized carbons (Fsp3) is 0.217. The van der Waals surface area contributed by atoms with Gasteiger partial charge in [0.05, 0.1) is 23.8 Å². The van der Waals surface area contributed by atoms with Crippen LogP contribution in [-0.4, -0.2) is 19.6 Å². The van der Waals surface area contributed by atoms with Gasteiger partial charge in [0, 0.05) is 35.6 Å². The minimum absolute atomic E-state index is 0.195. The molecule has 5 nitrogen and oxygen atoms in total. The first-order valence-electron chi connectivity index (χ1n) is 9.56. The van der Waals surface area contributed by atoms with Gasteiger partial charge in [0.2, 0.25) is 0 Å². The molecule has 2 heterocycles. The lowest BCUT2D eigenvalue weighted by atomic mass is 10.1. The molecule has 4 rings (SSSR count). The predicted molar refractivity (Wildman–Crippen MR) is 112 cm³/mol. The minimum Gasteiger partial charge on any atom is -0.306 e. The fourth-order valence-corrected chi connectivity index (χ4v) is 3.35. The van der Waals surface area contributed by atoms with Crippen molar-refractivity contribution < 1.29 is 0 Å². The van der Waals surface area contributed by atoms with Gasteiger partial charge in [0.15, 0.2) is 0 Å². The molecule has 142 valence electrons. The van der Waals surface area contributed by atoms with Crippen molar-refractivity contribution in [3.05, 3.63) is 95.6 Å². The van der Waals surface area contributed by atoms with E-state index in [1.165, 1.54) is 11.1 Å². The SMILES string of the molecule is Cc1ccc(-n2cc(CNC(C)c3cnn(-c4ccccc4)c3C)cn2)cc1. The molecule has 0 bridgehead atoms. The first kappa shape index (κ1) is 18.2. The van der Waals surface area contributed by atoms with Gasteiger partial charge in [-0.3, -0.25) is 0 Å². The summed E-state index contributed by atoms with van der Waals surface area (Å²) in [5.41, 5.74) is 6.91. The monoisotopic (exact) mass is 371 g/mol. The van der Waals surface area contributed by atoms with E-state index in [0.29, 0.717) is 0 Å². The van der Waals surface area contributed by atoms with Crippen molar-refractivity contribution in [3.63, 3.8) is 0 Å². The molecule has 2 aromatic heterocycles. The number of nitrogens with one attached hydrogen (secondary N) is 1. The van der Waals surface area contributed by atoms with Gasteiger partial charge in [-0.05, 0) is 45.0 Å². The molecule has 1 unspecified atom stereocenters. The maximum Gasteiger partial charge on any atom is 0.0648 e. The molecule has 4 aromatic rings. The molecular formula is C23H25N5. The number of aromatic nitrogens is 4. The van der Waals surface area contributed by atoms with Crippen molar-refractivity contribution in [2.24, 2.45) is 0 Å². The van der Waals surface area contributed by atoms with Crippen LogP contribution in [0.2, 0.25) is 0 Å². The number of hydrogen-bond acceptors (Lipinski definition) is 3. The highest BCUT2D eigenvalue weighted by atomic mass is 15.3. The minimum atomic E-state index is 0.195. The second kappa shape index (κ2) is 7.82. The Labute approximate surface area is 165 Å². The molecule has 0 amide bonds. The van der Waals surface area contributed by atoms with Gasteiger partial charge in [-0.15, -0.1) is 0 Å². The van der Waals surface area contributed by atoms with Gasteiger partial charge in [0.1, 0.15) is 0 Å². The summed E-state index contributed by atoms with van der Waals surface area (Å²) in [6, 6.07) is 18.8. The maximum atomic E-state index is 4.57. The molecule has 0 aliphatic carbocycles. The molecule has 0 aliphatic rings. The summed E-state index contributed by atoms with van der Waals surface area (Å²) in [5.74, 6) is 0. The zero-order valence-electron chi connectivity index (χ0n) is 16.5. The third kappa shape index (κ3) is 3.75. The summed E-state index contributed by atoms with van der Waals surface area (Å²) in [4.78, 5) is 0. The molecule has 5 heteroatoms. The molecular weight excluding hydrogens is 346 g/mol. The summed E-state index contributed by atoms with van der Waals surface area (Å²) < 4.78 is 3.91. The van der Waals surface area contributed by atoms with E-state index < -0.39 is 0 Å². The zero-order valence-corrected chi connectivity index (χ0v) is 16.5. The van der Waals surface area contributed by atoms with E-state index in [4.69, 9.17) is 0 Å². The second-order valence-electron chi connectivity index (χ2n) is 7.16. The van der Waals surface area contributed by atoms with Gasteiger partial charge in [-0.2, -0.15) is 10.2 Å². The van der Waals surface area contributed by atoms with Crippen LogP contribution in [0.3, 0.4) is 0 Å². The molecule has 0 aliphatic heterocycles. The molecule has 0 saturated heterocycles. The summed E-state index contributed by atoms with van der Waals surface area (Å²) in [6.07, 6.45) is 5.94. The largest absolute Gasteiger partial charge is 0.306 e. The Morgan fingerprint density at radius 3 is 2.39 bits per heavy atom. The Hall–Kier alpha value is -3.18. The molecule has 0 spiro atoms. The van der Waals surface area contributed by atoms with Gasteiger partial charge < -0.3 is 5.32 Å². The molecule has 2 aromatic carbocycles. The zero-order chi connectivity index (χ0) is 19.5. The predicted octanol–water partition coefficient (Wildman–Crippen LogP) is 4.53. The first-order chi connectivity index (χ1) is 13.6. The van der Waals surface area contributed by atoms with Crippen molar-refractivity contribution in [1.82, 2.24) is 24.9 Å². The van der Waals surface area contributed by atoms with E-state index in [1.54, 1.807) is 0 Å². The van der Waals surface area contributed by atoms with Gasteiger partial charge in [-0.25, -0.2) is 9.36 Å². The van der Waals surface area contributed by atoms with E-state index in [1.807, 2.05) is 40.0 Å². The Morgan fingerprint density at radius 2 is 1.64 bits per heavy atom. The van der Waals surface area contributed by atoms with Crippen LogP contribution in [0.25, 0.3) is 11.4 Å². The number of nitrogens with zero attached hydrogens (tertiary/aromatic N) is 4. The van der Waals surface area contributed by atoms with Crippen LogP contribution < -0.4 is 5.32 Å². The average Bonchev–Trinajstić information content (AvgIpc) is 3.34. The van der Waals surface area contributed by atoms with E-state index >= 15 is 0 Å². The van der Waals surface area contributed by atoms with E-state index in [-0.39, 0.29) is 6.04 Å². The molecule has 0 saturated carbocycles. The highest BCUT2D eigenvalue weighted by Gasteiger charge is 2.14. The number of hydrogen-bond donors (Lipinski definition) is 1. The molecule has 1 atom stereocenters. The Morgan fingerprint density at radius 1 is 0.893 bits per heavy atom. The number of aryl methyl sites for hydroxylation is 1. The number of benzene rings is 2. The molecule has 1 N–H and O–H groups in total. The van der Waals surface area contributed by atoms with Crippen molar-refractivity contribution in [3.8, 4) is 11.4 Å². The van der Waals surface area contributed by atoms with Crippen molar-refractivity contribution >= 4 is 0 Å². The summed E-state index contributed by atoms with van der Waals surface area (Å²) in [6.45, 7) is 7.13. The van der Waals surface area contributed by atoms with Crippen LogP contribution in [0.1, 0.15) is 35.3 Å². The fourth-order valence-electron chi connectivity index (χ4n) is 3.35. The van der Waals surface area contributed by atoms with Crippen molar-refractivity contribution in [1.29, 1.82) is 0 Å². The van der Waals surface area contributed by atoms with Gasteiger partial charge in [0.25, 0.3) is 0 Å². The number of rotatable bonds is 6. The van der Waals surface area contributed by atoms with Crippen LogP contribution in [0.15, 0.2) is 73.2 Å². The Kier molecular flexibility index (Phi) is 5.08. The lowest BCUT2D eigenvalue weighted by Gasteiger charge is -2.13.